The Hall–Kier alpha value is -1.31. The minimum Gasteiger partial charge on any atom is -0.346 e. The topological polar surface area (TPSA) is 29.1 Å². The minimum absolute atomic E-state index is 0.0375. The van der Waals surface area contributed by atoms with Crippen molar-refractivity contribution in [3.63, 3.8) is 0 Å². The predicted octanol–water partition coefficient (Wildman–Crippen LogP) is 2.52. The molecule has 0 radical (unpaired) electrons. The van der Waals surface area contributed by atoms with Crippen LogP contribution in [-0.4, -0.2) is 5.91 Å². The van der Waals surface area contributed by atoms with Gasteiger partial charge >= 0.3 is 0 Å². The van der Waals surface area contributed by atoms with Crippen molar-refractivity contribution >= 4 is 5.91 Å². The van der Waals surface area contributed by atoms with Crippen molar-refractivity contribution in [2.75, 3.05) is 0 Å². The maximum atomic E-state index is 11.8. The summed E-state index contributed by atoms with van der Waals surface area (Å²) in [4.78, 5) is 11.8. The minimum atomic E-state index is -0.0375. The molecular formula is C14H17NO. The summed E-state index contributed by atoms with van der Waals surface area (Å²) in [5.74, 6) is 0.195. The molecule has 1 aliphatic heterocycles. The van der Waals surface area contributed by atoms with E-state index >= 15 is 0 Å². The van der Waals surface area contributed by atoms with Crippen molar-refractivity contribution in [3.05, 3.63) is 35.4 Å². The Balaban J connectivity index is 2.08. The van der Waals surface area contributed by atoms with Crippen molar-refractivity contribution in [2.45, 2.75) is 44.1 Å². The zero-order valence-electron chi connectivity index (χ0n) is 9.46. The highest BCUT2D eigenvalue weighted by Gasteiger charge is 2.39. The number of fused-ring (bicyclic) bond motifs is 2. The Morgan fingerprint density at radius 2 is 1.81 bits per heavy atom. The second kappa shape index (κ2) is 3.62. The molecule has 0 saturated heterocycles. The van der Waals surface area contributed by atoms with Crippen LogP contribution in [0.1, 0.15) is 43.2 Å². The lowest BCUT2D eigenvalue weighted by Crippen LogP contribution is -2.51. The summed E-state index contributed by atoms with van der Waals surface area (Å²) in [6.45, 7) is 0. The first kappa shape index (κ1) is 9.88. The number of amides is 1. The smallest absolute Gasteiger partial charge is 0.225 e. The van der Waals surface area contributed by atoms with Gasteiger partial charge in [0.2, 0.25) is 5.91 Å². The molecule has 1 N–H and O–H groups in total. The Kier molecular flexibility index (Phi) is 2.23. The van der Waals surface area contributed by atoms with E-state index in [0.717, 1.165) is 12.8 Å². The standard InChI is InChI=1S/C14H17NO/c16-13-10-11-6-2-3-7-12(11)14(15-13)8-4-1-5-9-14/h2-3,6-7H,1,4-5,8-10H2,(H,15,16). The van der Waals surface area contributed by atoms with E-state index in [1.54, 1.807) is 0 Å². The molecule has 1 saturated carbocycles. The molecular weight excluding hydrogens is 198 g/mol. The number of hydrogen-bond acceptors (Lipinski definition) is 1. The molecule has 0 atom stereocenters. The zero-order chi connectivity index (χ0) is 11.0. The number of benzene rings is 1. The SMILES string of the molecule is O=C1Cc2ccccc2C2(CCCCC2)N1. The molecule has 2 heteroatoms. The second-order valence-electron chi connectivity index (χ2n) is 5.02. The fourth-order valence-electron chi connectivity index (χ4n) is 3.24. The third-order valence-corrected chi connectivity index (χ3v) is 3.97. The van der Waals surface area contributed by atoms with E-state index in [1.807, 2.05) is 6.07 Å². The lowest BCUT2D eigenvalue weighted by atomic mass is 9.72. The molecule has 1 aromatic rings. The van der Waals surface area contributed by atoms with Crippen LogP contribution in [0.15, 0.2) is 24.3 Å². The first-order chi connectivity index (χ1) is 7.80. The van der Waals surface area contributed by atoms with Crippen molar-refractivity contribution < 1.29 is 4.79 Å². The van der Waals surface area contributed by atoms with Gasteiger partial charge in [0.15, 0.2) is 0 Å². The van der Waals surface area contributed by atoms with Crippen LogP contribution in [0, 0.1) is 0 Å². The van der Waals surface area contributed by atoms with E-state index in [4.69, 9.17) is 0 Å². The first-order valence-corrected chi connectivity index (χ1v) is 6.20. The van der Waals surface area contributed by atoms with Crippen LogP contribution >= 0.6 is 0 Å². The van der Waals surface area contributed by atoms with E-state index < -0.39 is 0 Å². The molecule has 3 rings (SSSR count). The monoisotopic (exact) mass is 215 g/mol. The highest BCUT2D eigenvalue weighted by molar-refractivity contribution is 5.82. The molecule has 1 aliphatic carbocycles. The molecule has 0 bridgehead atoms. The maximum absolute atomic E-state index is 11.8. The summed E-state index contributed by atoms with van der Waals surface area (Å²) in [6, 6.07) is 8.42. The summed E-state index contributed by atoms with van der Waals surface area (Å²) in [5, 5.41) is 3.25. The summed E-state index contributed by atoms with van der Waals surface area (Å²) in [7, 11) is 0. The van der Waals surface area contributed by atoms with Crippen LogP contribution in [0.2, 0.25) is 0 Å². The molecule has 1 aromatic carbocycles. The maximum Gasteiger partial charge on any atom is 0.225 e. The average molecular weight is 215 g/mol. The Labute approximate surface area is 96.1 Å². The third-order valence-electron chi connectivity index (χ3n) is 3.97. The van der Waals surface area contributed by atoms with E-state index in [0.29, 0.717) is 6.42 Å². The van der Waals surface area contributed by atoms with Gasteiger partial charge in [-0.3, -0.25) is 4.79 Å². The molecule has 0 aromatic heterocycles. The fourth-order valence-corrected chi connectivity index (χ4v) is 3.24. The molecule has 0 unspecified atom stereocenters. The molecule has 84 valence electrons. The lowest BCUT2D eigenvalue weighted by molar-refractivity contribution is -0.123. The van der Waals surface area contributed by atoms with Crippen LogP contribution in [-0.2, 0) is 16.8 Å². The molecule has 1 spiro atoms. The van der Waals surface area contributed by atoms with E-state index in [9.17, 15) is 4.79 Å². The third kappa shape index (κ3) is 1.44. The number of carbonyl (C=O) groups excluding carboxylic acids is 1. The molecule has 16 heavy (non-hydrogen) atoms. The fraction of sp³-hybridized carbons (Fsp3) is 0.500. The Morgan fingerprint density at radius 1 is 1.06 bits per heavy atom. The van der Waals surface area contributed by atoms with Gasteiger partial charge in [0.05, 0.1) is 12.0 Å². The van der Waals surface area contributed by atoms with Gasteiger partial charge in [-0.15, -0.1) is 0 Å². The van der Waals surface area contributed by atoms with Crippen LogP contribution in [0.25, 0.3) is 0 Å². The van der Waals surface area contributed by atoms with Crippen LogP contribution < -0.4 is 5.32 Å². The number of nitrogens with one attached hydrogen (secondary N) is 1. The number of carbonyl (C=O) groups is 1. The van der Waals surface area contributed by atoms with Gasteiger partial charge in [-0.2, -0.15) is 0 Å². The van der Waals surface area contributed by atoms with Crippen molar-refractivity contribution in [3.8, 4) is 0 Å². The van der Waals surface area contributed by atoms with Crippen molar-refractivity contribution in [1.82, 2.24) is 5.32 Å². The quantitative estimate of drug-likeness (QED) is 0.708. The zero-order valence-corrected chi connectivity index (χ0v) is 9.46. The molecule has 2 nitrogen and oxygen atoms in total. The Bertz CT molecular complexity index is 418. The van der Waals surface area contributed by atoms with Gasteiger partial charge in [-0.25, -0.2) is 0 Å². The molecule has 1 amide bonds. The molecule has 1 heterocycles. The number of hydrogen-bond donors (Lipinski definition) is 1. The highest BCUT2D eigenvalue weighted by atomic mass is 16.1. The normalized spacial score (nSPS) is 22.6. The summed E-state index contributed by atoms with van der Waals surface area (Å²) < 4.78 is 0. The van der Waals surface area contributed by atoms with E-state index in [2.05, 4.69) is 23.5 Å². The molecule has 1 fully saturated rings. The second-order valence-corrected chi connectivity index (χ2v) is 5.02. The van der Waals surface area contributed by atoms with Crippen molar-refractivity contribution in [1.29, 1.82) is 0 Å². The average Bonchev–Trinajstić information content (AvgIpc) is 2.30. The first-order valence-electron chi connectivity index (χ1n) is 6.20. The van der Waals surface area contributed by atoms with Crippen molar-refractivity contribution in [2.24, 2.45) is 0 Å². The van der Waals surface area contributed by atoms with Crippen LogP contribution in [0.3, 0.4) is 0 Å². The lowest BCUT2D eigenvalue weighted by Gasteiger charge is -2.42. The van der Waals surface area contributed by atoms with E-state index in [1.165, 1.54) is 30.4 Å². The summed E-state index contributed by atoms with van der Waals surface area (Å²) in [6.07, 6.45) is 6.53. The van der Waals surface area contributed by atoms with Gasteiger partial charge in [0, 0.05) is 0 Å². The van der Waals surface area contributed by atoms with Gasteiger partial charge in [0.25, 0.3) is 0 Å². The van der Waals surface area contributed by atoms with Crippen LogP contribution in [0.5, 0.6) is 0 Å². The summed E-state index contributed by atoms with van der Waals surface area (Å²) >= 11 is 0. The van der Waals surface area contributed by atoms with Crippen LogP contribution in [0.4, 0.5) is 0 Å². The van der Waals surface area contributed by atoms with Gasteiger partial charge in [0.1, 0.15) is 0 Å². The largest absolute Gasteiger partial charge is 0.346 e. The molecule has 2 aliphatic rings. The Morgan fingerprint density at radius 3 is 2.62 bits per heavy atom. The predicted molar refractivity (Wildman–Crippen MR) is 63.1 cm³/mol. The van der Waals surface area contributed by atoms with Gasteiger partial charge < -0.3 is 5.32 Å². The summed E-state index contributed by atoms with van der Waals surface area (Å²) in [5.41, 5.74) is 2.56. The number of rotatable bonds is 0. The van der Waals surface area contributed by atoms with E-state index in [-0.39, 0.29) is 11.4 Å². The highest BCUT2D eigenvalue weighted by Crippen LogP contribution is 2.40. The van der Waals surface area contributed by atoms with Gasteiger partial charge in [-0.1, -0.05) is 43.5 Å². The van der Waals surface area contributed by atoms with Gasteiger partial charge in [-0.05, 0) is 24.0 Å².